The fourth-order valence-corrected chi connectivity index (χ4v) is 2.36. The van der Waals surface area contributed by atoms with Gasteiger partial charge in [-0.2, -0.15) is 0 Å². The standard InChI is InChI=1S/C18H22O2/c19-17(13-15-7-3-1-4-8-15)11-12-18(20)14-16-9-5-2-6-10-16/h1-10,17-20H,11-14H2. The molecule has 2 rings (SSSR count). The minimum Gasteiger partial charge on any atom is -0.393 e. The van der Waals surface area contributed by atoms with E-state index < -0.39 is 0 Å². The number of rotatable bonds is 7. The first-order valence-electron chi connectivity index (χ1n) is 7.18. The molecule has 20 heavy (non-hydrogen) atoms. The number of benzene rings is 2. The van der Waals surface area contributed by atoms with Gasteiger partial charge in [0.1, 0.15) is 0 Å². The average molecular weight is 270 g/mol. The van der Waals surface area contributed by atoms with E-state index in [0.717, 1.165) is 11.1 Å². The second kappa shape index (κ2) is 7.83. The molecule has 0 fully saturated rings. The van der Waals surface area contributed by atoms with Gasteiger partial charge in [0.15, 0.2) is 0 Å². The zero-order valence-corrected chi connectivity index (χ0v) is 11.7. The Kier molecular flexibility index (Phi) is 5.78. The molecule has 0 saturated carbocycles. The molecule has 0 spiro atoms. The molecule has 2 unspecified atom stereocenters. The van der Waals surface area contributed by atoms with Gasteiger partial charge in [0.05, 0.1) is 12.2 Å². The molecule has 0 aromatic heterocycles. The Morgan fingerprint density at radius 3 is 1.30 bits per heavy atom. The quantitative estimate of drug-likeness (QED) is 0.812. The van der Waals surface area contributed by atoms with E-state index in [1.165, 1.54) is 0 Å². The van der Waals surface area contributed by atoms with Crippen LogP contribution in [-0.4, -0.2) is 22.4 Å². The predicted octanol–water partition coefficient (Wildman–Crippen LogP) is 2.97. The second-order valence-electron chi connectivity index (χ2n) is 5.26. The molecule has 0 radical (unpaired) electrons. The van der Waals surface area contributed by atoms with Crippen molar-refractivity contribution in [1.82, 2.24) is 0 Å². The number of hydrogen-bond donors (Lipinski definition) is 2. The zero-order chi connectivity index (χ0) is 14.2. The zero-order valence-electron chi connectivity index (χ0n) is 11.7. The van der Waals surface area contributed by atoms with E-state index in [9.17, 15) is 10.2 Å². The van der Waals surface area contributed by atoms with Crippen LogP contribution < -0.4 is 0 Å². The highest BCUT2D eigenvalue weighted by Crippen LogP contribution is 2.12. The van der Waals surface area contributed by atoms with Crippen LogP contribution in [0.2, 0.25) is 0 Å². The lowest BCUT2D eigenvalue weighted by Gasteiger charge is -2.14. The van der Waals surface area contributed by atoms with Gasteiger partial charge in [-0.15, -0.1) is 0 Å². The van der Waals surface area contributed by atoms with Crippen LogP contribution in [0, 0.1) is 0 Å². The van der Waals surface area contributed by atoms with Gasteiger partial charge < -0.3 is 10.2 Å². The van der Waals surface area contributed by atoms with Crippen LogP contribution in [0.15, 0.2) is 60.7 Å². The van der Waals surface area contributed by atoms with Crippen molar-refractivity contribution in [3.05, 3.63) is 71.8 Å². The van der Waals surface area contributed by atoms with E-state index in [1.54, 1.807) is 0 Å². The SMILES string of the molecule is OC(CCC(O)Cc1ccccc1)Cc1ccccc1. The highest BCUT2D eigenvalue weighted by molar-refractivity contribution is 5.16. The monoisotopic (exact) mass is 270 g/mol. The van der Waals surface area contributed by atoms with Crippen molar-refractivity contribution < 1.29 is 10.2 Å². The van der Waals surface area contributed by atoms with Gasteiger partial charge in [-0.05, 0) is 36.8 Å². The summed E-state index contributed by atoms with van der Waals surface area (Å²) < 4.78 is 0. The maximum absolute atomic E-state index is 10.0. The minimum atomic E-state index is -0.386. The lowest BCUT2D eigenvalue weighted by molar-refractivity contribution is 0.114. The first-order chi connectivity index (χ1) is 9.74. The molecule has 0 heterocycles. The van der Waals surface area contributed by atoms with Gasteiger partial charge in [0.2, 0.25) is 0 Å². The van der Waals surface area contributed by atoms with Gasteiger partial charge in [-0.25, -0.2) is 0 Å². The van der Waals surface area contributed by atoms with E-state index in [-0.39, 0.29) is 12.2 Å². The molecule has 0 aliphatic heterocycles. The Balaban J connectivity index is 1.71. The van der Waals surface area contributed by atoms with E-state index in [0.29, 0.717) is 25.7 Å². The average Bonchev–Trinajstić information content (AvgIpc) is 2.47. The summed E-state index contributed by atoms with van der Waals surface area (Å²) in [5.41, 5.74) is 2.27. The molecular weight excluding hydrogens is 248 g/mol. The maximum atomic E-state index is 10.0. The van der Waals surface area contributed by atoms with Gasteiger partial charge in [-0.3, -0.25) is 0 Å². The molecule has 0 saturated heterocycles. The van der Waals surface area contributed by atoms with Crippen LogP contribution in [0.5, 0.6) is 0 Å². The van der Waals surface area contributed by atoms with Crippen molar-refractivity contribution in [2.24, 2.45) is 0 Å². The number of aliphatic hydroxyl groups is 2. The topological polar surface area (TPSA) is 40.5 Å². The molecule has 2 heteroatoms. The summed E-state index contributed by atoms with van der Waals surface area (Å²) in [6.45, 7) is 0. The minimum absolute atomic E-state index is 0.386. The smallest absolute Gasteiger partial charge is 0.0581 e. The number of hydrogen-bond acceptors (Lipinski definition) is 2. The highest BCUT2D eigenvalue weighted by Gasteiger charge is 2.10. The first kappa shape index (κ1) is 14.8. The molecule has 2 nitrogen and oxygen atoms in total. The van der Waals surface area contributed by atoms with E-state index in [4.69, 9.17) is 0 Å². The lowest BCUT2D eigenvalue weighted by atomic mass is 9.99. The maximum Gasteiger partial charge on any atom is 0.0581 e. The van der Waals surface area contributed by atoms with Crippen molar-refractivity contribution in [1.29, 1.82) is 0 Å². The Bertz CT molecular complexity index is 434. The van der Waals surface area contributed by atoms with Crippen LogP contribution >= 0.6 is 0 Å². The summed E-state index contributed by atoms with van der Waals surface area (Å²) in [5, 5.41) is 20.0. The molecule has 0 amide bonds. The summed E-state index contributed by atoms with van der Waals surface area (Å²) in [7, 11) is 0. The molecular formula is C18H22O2. The van der Waals surface area contributed by atoms with Crippen molar-refractivity contribution >= 4 is 0 Å². The third-order valence-corrected chi connectivity index (χ3v) is 3.46. The first-order valence-corrected chi connectivity index (χ1v) is 7.18. The van der Waals surface area contributed by atoms with E-state index in [1.807, 2.05) is 60.7 Å². The summed E-state index contributed by atoms with van der Waals surface area (Å²) in [6, 6.07) is 19.9. The van der Waals surface area contributed by atoms with Crippen LogP contribution in [0.25, 0.3) is 0 Å². The van der Waals surface area contributed by atoms with Crippen LogP contribution in [0.4, 0.5) is 0 Å². The highest BCUT2D eigenvalue weighted by atomic mass is 16.3. The Morgan fingerprint density at radius 2 is 0.950 bits per heavy atom. The van der Waals surface area contributed by atoms with Gasteiger partial charge >= 0.3 is 0 Å². The largest absolute Gasteiger partial charge is 0.393 e. The fourth-order valence-electron chi connectivity index (χ4n) is 2.36. The second-order valence-corrected chi connectivity index (χ2v) is 5.26. The summed E-state index contributed by atoms with van der Waals surface area (Å²) in [6.07, 6.45) is 1.79. The predicted molar refractivity (Wildman–Crippen MR) is 81.5 cm³/mol. The molecule has 2 aromatic rings. The van der Waals surface area contributed by atoms with Gasteiger partial charge in [0.25, 0.3) is 0 Å². The van der Waals surface area contributed by atoms with Crippen LogP contribution in [0.3, 0.4) is 0 Å². The van der Waals surface area contributed by atoms with Gasteiger partial charge in [-0.1, -0.05) is 60.7 Å². The molecule has 0 aliphatic carbocycles. The lowest BCUT2D eigenvalue weighted by Crippen LogP contribution is -2.17. The van der Waals surface area contributed by atoms with E-state index >= 15 is 0 Å². The third kappa shape index (κ3) is 5.16. The third-order valence-electron chi connectivity index (χ3n) is 3.46. The number of aliphatic hydroxyl groups excluding tert-OH is 2. The van der Waals surface area contributed by atoms with Crippen molar-refractivity contribution in [3.63, 3.8) is 0 Å². The molecule has 2 atom stereocenters. The molecule has 0 bridgehead atoms. The van der Waals surface area contributed by atoms with Gasteiger partial charge in [0, 0.05) is 0 Å². The molecule has 0 aliphatic rings. The molecule has 2 aromatic carbocycles. The molecule has 106 valence electrons. The Hall–Kier alpha value is -1.64. The van der Waals surface area contributed by atoms with Crippen molar-refractivity contribution in [2.45, 2.75) is 37.9 Å². The summed E-state index contributed by atoms with van der Waals surface area (Å²) >= 11 is 0. The molecule has 2 N–H and O–H groups in total. The van der Waals surface area contributed by atoms with Crippen molar-refractivity contribution in [3.8, 4) is 0 Å². The van der Waals surface area contributed by atoms with Crippen LogP contribution in [0.1, 0.15) is 24.0 Å². The fraction of sp³-hybridized carbons (Fsp3) is 0.333. The van der Waals surface area contributed by atoms with Crippen LogP contribution in [-0.2, 0) is 12.8 Å². The van der Waals surface area contributed by atoms with Crippen molar-refractivity contribution in [2.75, 3.05) is 0 Å². The normalized spacial score (nSPS) is 13.9. The van der Waals surface area contributed by atoms with E-state index in [2.05, 4.69) is 0 Å². The Morgan fingerprint density at radius 1 is 0.600 bits per heavy atom. The summed E-state index contributed by atoms with van der Waals surface area (Å²) in [4.78, 5) is 0. The summed E-state index contributed by atoms with van der Waals surface area (Å²) in [5.74, 6) is 0. The Labute approximate surface area is 120 Å².